The van der Waals surface area contributed by atoms with E-state index in [1.165, 1.54) is 12.1 Å². The molecule has 0 unspecified atom stereocenters. The predicted molar refractivity (Wildman–Crippen MR) is 74.8 cm³/mol. The number of carboxylic acid groups (broad SMARTS) is 1. The van der Waals surface area contributed by atoms with E-state index in [0.29, 0.717) is 12.4 Å². The highest BCUT2D eigenvalue weighted by Gasteiger charge is 2.39. The number of hydrogen-bond acceptors (Lipinski definition) is 2. The number of alkyl halides is 2. The third-order valence-corrected chi connectivity index (χ3v) is 3.66. The third kappa shape index (κ3) is 3.93. The number of hydrogen-bond donors (Lipinski definition) is 1. The number of benzene rings is 1. The van der Waals surface area contributed by atoms with Crippen molar-refractivity contribution < 1.29 is 23.4 Å². The van der Waals surface area contributed by atoms with Crippen molar-refractivity contribution in [1.29, 1.82) is 0 Å². The average Bonchev–Trinajstić information content (AvgIpc) is 2.35. The van der Waals surface area contributed by atoms with Gasteiger partial charge in [0.2, 0.25) is 0 Å². The molecule has 5 heteroatoms. The molecule has 0 fully saturated rings. The summed E-state index contributed by atoms with van der Waals surface area (Å²) < 4.78 is 34.3. The van der Waals surface area contributed by atoms with Crippen LogP contribution in [0.4, 0.5) is 8.78 Å². The summed E-state index contributed by atoms with van der Waals surface area (Å²) in [7, 11) is 0. The smallest absolute Gasteiger partial charge is 0.303 e. The molecule has 0 aliphatic carbocycles. The standard InChI is InChI=1S/C16H20F2O3/c1-15(2,9-14(19)20)10-16(17,18)12-5-6-13-11(8-12)4-3-7-21-13/h5-6,8H,3-4,7,9-10H2,1-2H3,(H,19,20). The molecule has 2 rings (SSSR count). The van der Waals surface area contributed by atoms with Crippen LogP contribution in [0, 0.1) is 5.41 Å². The third-order valence-electron chi connectivity index (χ3n) is 3.66. The Hall–Kier alpha value is -1.65. The lowest BCUT2D eigenvalue weighted by molar-refractivity contribution is -0.140. The molecule has 0 spiro atoms. The van der Waals surface area contributed by atoms with Gasteiger partial charge in [0.15, 0.2) is 0 Å². The minimum atomic E-state index is -3.05. The second-order valence-corrected chi connectivity index (χ2v) is 6.39. The first-order valence-corrected chi connectivity index (χ1v) is 7.05. The normalized spacial score (nSPS) is 15.2. The second-order valence-electron chi connectivity index (χ2n) is 6.39. The van der Waals surface area contributed by atoms with E-state index in [1.54, 1.807) is 19.9 Å². The lowest BCUT2D eigenvalue weighted by Crippen LogP contribution is -2.27. The van der Waals surface area contributed by atoms with Gasteiger partial charge < -0.3 is 9.84 Å². The number of ether oxygens (including phenoxy) is 1. The molecule has 1 aromatic carbocycles. The molecule has 21 heavy (non-hydrogen) atoms. The zero-order chi connectivity index (χ0) is 15.7. The molecule has 0 atom stereocenters. The van der Waals surface area contributed by atoms with Crippen molar-refractivity contribution in [1.82, 2.24) is 0 Å². The Morgan fingerprint density at radius 3 is 2.76 bits per heavy atom. The van der Waals surface area contributed by atoms with E-state index in [1.807, 2.05) is 0 Å². The van der Waals surface area contributed by atoms with Crippen molar-refractivity contribution in [2.24, 2.45) is 5.41 Å². The SMILES string of the molecule is CC(C)(CC(=O)O)CC(F)(F)c1ccc2c(c1)CCCO2. The van der Waals surface area contributed by atoms with E-state index in [2.05, 4.69) is 0 Å². The molecule has 0 radical (unpaired) electrons. The number of carbonyl (C=O) groups is 1. The van der Waals surface area contributed by atoms with Gasteiger partial charge in [-0.05, 0) is 42.0 Å². The number of fused-ring (bicyclic) bond motifs is 1. The van der Waals surface area contributed by atoms with E-state index in [0.717, 1.165) is 18.4 Å². The Labute approximate surface area is 122 Å². The zero-order valence-corrected chi connectivity index (χ0v) is 12.3. The van der Waals surface area contributed by atoms with Gasteiger partial charge in [0.05, 0.1) is 13.0 Å². The molecule has 1 aliphatic heterocycles. The molecule has 1 heterocycles. The first kappa shape index (κ1) is 15.7. The Morgan fingerprint density at radius 2 is 2.10 bits per heavy atom. The lowest BCUT2D eigenvalue weighted by atomic mass is 9.81. The number of rotatable bonds is 5. The van der Waals surface area contributed by atoms with Crippen LogP contribution >= 0.6 is 0 Å². The monoisotopic (exact) mass is 298 g/mol. The van der Waals surface area contributed by atoms with Crippen LogP contribution in [0.25, 0.3) is 0 Å². The second kappa shape index (κ2) is 5.62. The van der Waals surface area contributed by atoms with Gasteiger partial charge in [-0.1, -0.05) is 13.8 Å². The summed E-state index contributed by atoms with van der Waals surface area (Å²) in [6.45, 7) is 3.72. The molecular formula is C16H20F2O3. The highest BCUT2D eigenvalue weighted by atomic mass is 19.3. The predicted octanol–water partition coefficient (Wildman–Crippen LogP) is 3.99. The molecule has 0 bridgehead atoms. The van der Waals surface area contributed by atoms with Gasteiger partial charge in [-0.15, -0.1) is 0 Å². The molecule has 1 aromatic rings. The molecule has 0 saturated heterocycles. The summed E-state index contributed by atoms with van der Waals surface area (Å²) in [5, 5.41) is 8.81. The Morgan fingerprint density at radius 1 is 1.38 bits per heavy atom. The molecule has 116 valence electrons. The van der Waals surface area contributed by atoms with Crippen LogP contribution in [0.5, 0.6) is 5.75 Å². The molecule has 1 N–H and O–H groups in total. The topological polar surface area (TPSA) is 46.5 Å². The van der Waals surface area contributed by atoms with Crippen molar-refractivity contribution in [3.8, 4) is 5.75 Å². The Balaban J connectivity index is 2.20. The highest BCUT2D eigenvalue weighted by molar-refractivity contribution is 5.67. The summed E-state index contributed by atoms with van der Waals surface area (Å²) in [5.41, 5.74) is -0.235. The minimum Gasteiger partial charge on any atom is -0.493 e. The quantitative estimate of drug-likeness (QED) is 0.894. The fourth-order valence-corrected chi connectivity index (χ4v) is 2.76. The van der Waals surface area contributed by atoms with Gasteiger partial charge in [0, 0.05) is 12.0 Å². The summed E-state index contributed by atoms with van der Waals surface area (Å²) in [4.78, 5) is 10.8. The van der Waals surface area contributed by atoms with E-state index in [-0.39, 0.29) is 12.0 Å². The van der Waals surface area contributed by atoms with E-state index < -0.39 is 23.7 Å². The van der Waals surface area contributed by atoms with Crippen LogP contribution in [-0.2, 0) is 17.1 Å². The fourth-order valence-electron chi connectivity index (χ4n) is 2.76. The maximum Gasteiger partial charge on any atom is 0.303 e. The van der Waals surface area contributed by atoms with Gasteiger partial charge in [0.1, 0.15) is 5.75 Å². The number of aliphatic carboxylic acids is 1. The van der Waals surface area contributed by atoms with Crippen molar-refractivity contribution in [2.75, 3.05) is 6.61 Å². The van der Waals surface area contributed by atoms with Crippen LogP contribution < -0.4 is 4.74 Å². The Kier molecular flexibility index (Phi) is 4.21. The molecule has 0 aromatic heterocycles. The van der Waals surface area contributed by atoms with Crippen LogP contribution in [0.15, 0.2) is 18.2 Å². The summed E-state index contributed by atoms with van der Waals surface area (Å²) in [6.07, 6.45) is 0.785. The molecule has 0 amide bonds. The molecular weight excluding hydrogens is 278 g/mol. The summed E-state index contributed by atoms with van der Waals surface area (Å²) in [6, 6.07) is 4.45. The van der Waals surface area contributed by atoms with Gasteiger partial charge in [-0.3, -0.25) is 4.79 Å². The molecule has 3 nitrogen and oxygen atoms in total. The number of aryl methyl sites for hydroxylation is 1. The average molecular weight is 298 g/mol. The fraction of sp³-hybridized carbons (Fsp3) is 0.562. The van der Waals surface area contributed by atoms with Crippen LogP contribution in [0.3, 0.4) is 0 Å². The van der Waals surface area contributed by atoms with Crippen LogP contribution in [0.1, 0.15) is 44.2 Å². The maximum absolute atomic E-state index is 14.4. The summed E-state index contributed by atoms with van der Waals surface area (Å²) in [5.74, 6) is -3.44. The molecule has 1 aliphatic rings. The first-order chi connectivity index (χ1) is 9.70. The van der Waals surface area contributed by atoms with Gasteiger partial charge in [0.25, 0.3) is 5.92 Å². The van der Waals surface area contributed by atoms with Crippen molar-refractivity contribution in [2.45, 2.75) is 45.5 Å². The number of halogens is 2. The van der Waals surface area contributed by atoms with Crippen LogP contribution in [0.2, 0.25) is 0 Å². The molecule has 0 saturated carbocycles. The van der Waals surface area contributed by atoms with Crippen molar-refractivity contribution in [3.05, 3.63) is 29.3 Å². The van der Waals surface area contributed by atoms with Gasteiger partial charge >= 0.3 is 5.97 Å². The van der Waals surface area contributed by atoms with E-state index in [4.69, 9.17) is 9.84 Å². The Bertz CT molecular complexity index is 538. The lowest BCUT2D eigenvalue weighted by Gasteiger charge is -2.29. The maximum atomic E-state index is 14.4. The minimum absolute atomic E-state index is 0.0646. The van der Waals surface area contributed by atoms with E-state index >= 15 is 0 Å². The largest absolute Gasteiger partial charge is 0.493 e. The summed E-state index contributed by atoms with van der Waals surface area (Å²) >= 11 is 0. The van der Waals surface area contributed by atoms with Crippen molar-refractivity contribution in [3.63, 3.8) is 0 Å². The van der Waals surface area contributed by atoms with Crippen LogP contribution in [-0.4, -0.2) is 17.7 Å². The van der Waals surface area contributed by atoms with Gasteiger partial charge in [-0.2, -0.15) is 0 Å². The van der Waals surface area contributed by atoms with Gasteiger partial charge in [-0.25, -0.2) is 8.78 Å². The highest BCUT2D eigenvalue weighted by Crippen LogP contribution is 2.42. The van der Waals surface area contributed by atoms with E-state index in [9.17, 15) is 13.6 Å². The zero-order valence-electron chi connectivity index (χ0n) is 12.3. The van der Waals surface area contributed by atoms with Crippen molar-refractivity contribution >= 4 is 5.97 Å². The number of carboxylic acids is 1. The first-order valence-electron chi connectivity index (χ1n) is 7.05.